The first-order chi connectivity index (χ1) is 7.86. The molecule has 0 amide bonds. The van der Waals surface area contributed by atoms with E-state index in [1.165, 1.54) is 0 Å². The number of para-hydroxylation sites is 1. The van der Waals surface area contributed by atoms with E-state index in [2.05, 4.69) is 36.1 Å². The Morgan fingerprint density at radius 2 is 2.06 bits per heavy atom. The average Bonchev–Trinajstić information content (AvgIpc) is 2.82. The number of halogens is 1. The highest BCUT2D eigenvalue weighted by atomic mass is 79.9. The zero-order valence-corrected chi connectivity index (χ0v) is 9.77. The van der Waals surface area contributed by atoms with Crippen LogP contribution >= 0.6 is 15.9 Å². The van der Waals surface area contributed by atoms with Gasteiger partial charge in [-0.15, -0.1) is 0 Å². The normalized spacial score (nSPS) is 10.8. The summed E-state index contributed by atoms with van der Waals surface area (Å²) < 4.78 is 0.966. The minimum Gasteiger partial charge on any atom is -0.276 e. The summed E-state index contributed by atoms with van der Waals surface area (Å²) in [6, 6.07) is 7.82. The predicted molar refractivity (Wildman–Crippen MR) is 64.8 cm³/mol. The van der Waals surface area contributed by atoms with Gasteiger partial charge in [-0.25, -0.2) is 9.97 Å². The topological polar surface area (TPSA) is 54.5 Å². The number of aromatic nitrogens is 4. The fraction of sp³-hybridized carbons (Fsp3) is 0. The van der Waals surface area contributed by atoms with Gasteiger partial charge in [0.25, 0.3) is 0 Å². The highest BCUT2D eigenvalue weighted by Gasteiger charge is 2.08. The van der Waals surface area contributed by atoms with Crippen molar-refractivity contribution >= 4 is 26.8 Å². The smallest absolute Gasteiger partial charge is 0.116 e. The van der Waals surface area contributed by atoms with Gasteiger partial charge in [0, 0.05) is 16.1 Å². The molecule has 3 aromatic rings. The molecule has 0 fully saturated rings. The molecule has 78 valence electrons. The van der Waals surface area contributed by atoms with Gasteiger partial charge in [-0.1, -0.05) is 12.1 Å². The van der Waals surface area contributed by atoms with Crippen molar-refractivity contribution in [3.63, 3.8) is 0 Å². The first-order valence-corrected chi connectivity index (χ1v) is 5.54. The van der Waals surface area contributed by atoms with Crippen molar-refractivity contribution in [1.29, 1.82) is 0 Å². The monoisotopic (exact) mass is 274 g/mol. The van der Waals surface area contributed by atoms with Crippen molar-refractivity contribution in [2.24, 2.45) is 0 Å². The molecule has 0 bridgehead atoms. The zero-order valence-electron chi connectivity index (χ0n) is 8.18. The molecule has 0 aliphatic carbocycles. The van der Waals surface area contributed by atoms with Crippen LogP contribution in [0.4, 0.5) is 0 Å². The molecule has 0 saturated heterocycles. The Bertz CT molecular complexity index is 634. The maximum Gasteiger partial charge on any atom is 0.116 e. The summed E-state index contributed by atoms with van der Waals surface area (Å²) in [7, 11) is 0. The number of hydrogen-bond donors (Lipinski definition) is 1. The quantitative estimate of drug-likeness (QED) is 0.743. The third-order valence-electron chi connectivity index (χ3n) is 2.37. The van der Waals surface area contributed by atoms with Gasteiger partial charge in [0.15, 0.2) is 0 Å². The molecule has 4 nitrogen and oxygen atoms in total. The van der Waals surface area contributed by atoms with Crippen LogP contribution in [0.15, 0.2) is 41.3 Å². The number of rotatable bonds is 1. The molecule has 16 heavy (non-hydrogen) atoms. The number of nitrogens with zero attached hydrogens (tertiary/aromatic N) is 3. The van der Waals surface area contributed by atoms with Gasteiger partial charge in [0.05, 0.1) is 16.9 Å². The molecule has 0 aliphatic heterocycles. The van der Waals surface area contributed by atoms with Crippen LogP contribution in [0.3, 0.4) is 0 Å². The Balaban J connectivity index is 2.38. The van der Waals surface area contributed by atoms with Gasteiger partial charge >= 0.3 is 0 Å². The number of benzene rings is 1. The minimum atomic E-state index is 0.865. The van der Waals surface area contributed by atoms with Gasteiger partial charge in [-0.05, 0) is 28.1 Å². The fourth-order valence-corrected chi connectivity index (χ4v) is 2.12. The lowest BCUT2D eigenvalue weighted by atomic mass is 10.1. The molecule has 1 N–H and O–H groups in total. The minimum absolute atomic E-state index is 0.865. The molecule has 1 aromatic carbocycles. The summed E-state index contributed by atoms with van der Waals surface area (Å²) in [5.41, 5.74) is 2.66. The van der Waals surface area contributed by atoms with Crippen LogP contribution in [-0.2, 0) is 0 Å². The maximum atomic E-state index is 4.29. The van der Waals surface area contributed by atoms with E-state index in [0.29, 0.717) is 0 Å². The summed E-state index contributed by atoms with van der Waals surface area (Å²) >= 11 is 3.48. The lowest BCUT2D eigenvalue weighted by Crippen LogP contribution is -1.89. The Labute approximate surface area is 99.9 Å². The van der Waals surface area contributed by atoms with Crippen LogP contribution in [0, 0.1) is 0 Å². The summed E-state index contributed by atoms with van der Waals surface area (Å²) in [6.45, 7) is 0. The largest absolute Gasteiger partial charge is 0.276 e. The number of nitrogens with one attached hydrogen (secondary N) is 1. The molecular formula is C11H7BrN4. The third-order valence-corrected chi connectivity index (χ3v) is 3.01. The Morgan fingerprint density at radius 3 is 2.88 bits per heavy atom. The van der Waals surface area contributed by atoms with Crippen molar-refractivity contribution in [3.05, 3.63) is 41.3 Å². The lowest BCUT2D eigenvalue weighted by molar-refractivity contribution is 1.08. The highest BCUT2D eigenvalue weighted by Crippen LogP contribution is 2.27. The lowest BCUT2D eigenvalue weighted by Gasteiger charge is -2.03. The molecule has 0 unspecified atom stereocenters. The van der Waals surface area contributed by atoms with Crippen molar-refractivity contribution in [1.82, 2.24) is 20.2 Å². The maximum absolute atomic E-state index is 4.29. The van der Waals surface area contributed by atoms with Gasteiger partial charge in [-0.3, -0.25) is 5.10 Å². The summed E-state index contributed by atoms with van der Waals surface area (Å²) in [4.78, 5) is 8.55. The van der Waals surface area contributed by atoms with E-state index in [1.807, 2.05) is 24.3 Å². The van der Waals surface area contributed by atoms with Crippen LogP contribution in [0.5, 0.6) is 0 Å². The highest BCUT2D eigenvalue weighted by molar-refractivity contribution is 9.10. The van der Waals surface area contributed by atoms with Gasteiger partial charge < -0.3 is 0 Å². The Kier molecular flexibility index (Phi) is 2.18. The number of aromatic amines is 1. The predicted octanol–water partition coefficient (Wildman–Crippen LogP) is 2.78. The molecule has 2 heterocycles. The van der Waals surface area contributed by atoms with Crippen LogP contribution in [0.2, 0.25) is 0 Å². The SMILES string of the molecule is Brc1cccc2c(-c3ccn[nH]3)ncnc12. The van der Waals surface area contributed by atoms with Crippen molar-refractivity contribution < 1.29 is 0 Å². The van der Waals surface area contributed by atoms with Crippen LogP contribution in [-0.4, -0.2) is 20.2 Å². The van der Waals surface area contributed by atoms with Crippen LogP contribution in [0.1, 0.15) is 0 Å². The molecule has 0 radical (unpaired) electrons. The molecule has 0 spiro atoms. The number of hydrogen-bond acceptors (Lipinski definition) is 3. The molecule has 3 rings (SSSR count). The van der Waals surface area contributed by atoms with Crippen LogP contribution in [0.25, 0.3) is 22.3 Å². The Hall–Kier alpha value is -1.75. The molecule has 2 aromatic heterocycles. The fourth-order valence-electron chi connectivity index (χ4n) is 1.65. The molecular weight excluding hydrogens is 268 g/mol. The van der Waals surface area contributed by atoms with E-state index in [9.17, 15) is 0 Å². The van der Waals surface area contributed by atoms with Gasteiger partial charge in [0.1, 0.15) is 6.33 Å². The van der Waals surface area contributed by atoms with E-state index >= 15 is 0 Å². The van der Waals surface area contributed by atoms with E-state index in [-0.39, 0.29) is 0 Å². The third kappa shape index (κ3) is 1.40. The second-order valence-electron chi connectivity index (χ2n) is 3.33. The average molecular weight is 275 g/mol. The van der Waals surface area contributed by atoms with E-state index in [1.54, 1.807) is 12.5 Å². The van der Waals surface area contributed by atoms with E-state index < -0.39 is 0 Å². The number of fused-ring (bicyclic) bond motifs is 1. The molecule has 5 heteroatoms. The number of H-pyrrole nitrogens is 1. The molecule has 0 aliphatic rings. The van der Waals surface area contributed by atoms with Crippen molar-refractivity contribution in [3.8, 4) is 11.4 Å². The molecule has 0 saturated carbocycles. The van der Waals surface area contributed by atoms with Crippen LogP contribution < -0.4 is 0 Å². The molecule has 0 atom stereocenters. The van der Waals surface area contributed by atoms with Crippen molar-refractivity contribution in [2.75, 3.05) is 0 Å². The first kappa shape index (κ1) is 9.47. The van der Waals surface area contributed by atoms with E-state index in [0.717, 1.165) is 26.8 Å². The second kappa shape index (κ2) is 3.68. The summed E-state index contributed by atoms with van der Waals surface area (Å²) in [5, 5.41) is 7.84. The Morgan fingerprint density at radius 1 is 1.12 bits per heavy atom. The standard InChI is InChI=1S/C11H7BrN4/c12-8-3-1-2-7-10(8)13-6-14-11(7)9-4-5-15-16-9/h1-6H,(H,15,16). The first-order valence-electron chi connectivity index (χ1n) is 4.75. The van der Waals surface area contributed by atoms with E-state index in [4.69, 9.17) is 0 Å². The van der Waals surface area contributed by atoms with Crippen molar-refractivity contribution in [2.45, 2.75) is 0 Å². The second-order valence-corrected chi connectivity index (χ2v) is 4.18. The zero-order chi connectivity index (χ0) is 11.0. The summed E-state index contributed by atoms with van der Waals surface area (Å²) in [6.07, 6.45) is 3.27. The summed E-state index contributed by atoms with van der Waals surface area (Å²) in [5.74, 6) is 0. The van der Waals surface area contributed by atoms with Gasteiger partial charge in [-0.2, -0.15) is 5.10 Å². The van der Waals surface area contributed by atoms with Gasteiger partial charge in [0.2, 0.25) is 0 Å².